The van der Waals surface area contributed by atoms with Crippen molar-refractivity contribution in [1.82, 2.24) is 0 Å². The van der Waals surface area contributed by atoms with Crippen LogP contribution in [0.4, 0.5) is 4.39 Å². The molecule has 0 unspecified atom stereocenters. The lowest BCUT2D eigenvalue weighted by Crippen LogP contribution is -2.20. The highest BCUT2D eigenvalue weighted by atomic mass is 19.1. The van der Waals surface area contributed by atoms with Crippen molar-refractivity contribution in [3.63, 3.8) is 0 Å². The average Bonchev–Trinajstić information content (AvgIpc) is 3.43. The van der Waals surface area contributed by atoms with Crippen LogP contribution in [0.2, 0.25) is 0 Å². The largest absolute Gasteiger partial charge is 0.456 e. The number of hydrogen-bond donors (Lipinski definition) is 0. The Bertz CT molecular complexity index is 1580. The summed E-state index contributed by atoms with van der Waals surface area (Å²) in [6.45, 7) is 1.72. The number of alkyl halides is 1. The fourth-order valence-electron chi connectivity index (χ4n) is 4.78. The van der Waals surface area contributed by atoms with E-state index < -0.39 is 29.5 Å². The zero-order valence-corrected chi connectivity index (χ0v) is 20.9. The second-order valence-corrected chi connectivity index (χ2v) is 9.12. The molecule has 0 aromatic heterocycles. The highest BCUT2D eigenvalue weighted by Gasteiger charge is 2.35. The van der Waals surface area contributed by atoms with Crippen LogP contribution < -0.4 is 9.47 Å². The van der Waals surface area contributed by atoms with Gasteiger partial charge in [-0.1, -0.05) is 43.3 Å². The predicted molar refractivity (Wildman–Crippen MR) is 138 cm³/mol. The summed E-state index contributed by atoms with van der Waals surface area (Å²) in [5.41, 5.74) is -0.717. The van der Waals surface area contributed by atoms with Crippen molar-refractivity contribution in [1.29, 1.82) is 0 Å². The van der Waals surface area contributed by atoms with Gasteiger partial charge in [0.05, 0.1) is 11.1 Å². The molecule has 0 amide bonds. The number of hydrogen-bond acceptors (Lipinski definition) is 8. The van der Waals surface area contributed by atoms with Crippen LogP contribution in [0.1, 0.15) is 65.9 Å². The highest BCUT2D eigenvalue weighted by Crippen LogP contribution is 2.40. The summed E-state index contributed by atoms with van der Waals surface area (Å²) >= 11 is 0. The molecule has 0 bridgehead atoms. The van der Waals surface area contributed by atoms with Gasteiger partial charge >= 0.3 is 23.9 Å². The van der Waals surface area contributed by atoms with Crippen LogP contribution in [0, 0.1) is 0 Å². The van der Waals surface area contributed by atoms with Crippen LogP contribution in [-0.4, -0.2) is 23.9 Å². The summed E-state index contributed by atoms with van der Waals surface area (Å²) < 4.78 is 37.3. The summed E-state index contributed by atoms with van der Waals surface area (Å²) in [5.74, 6) is -1.99. The molecular formula is C31H19FO8. The molecule has 0 fully saturated rings. The first-order valence-corrected chi connectivity index (χ1v) is 12.3. The quantitative estimate of drug-likeness (QED) is 0.194. The fraction of sp³-hybridized carbons (Fsp3) is 0.0968. The smallest absolute Gasteiger partial charge is 0.350 e. The van der Waals surface area contributed by atoms with E-state index in [-0.39, 0.29) is 40.2 Å². The normalized spacial score (nSPS) is 13.9. The first-order chi connectivity index (χ1) is 19.3. The van der Waals surface area contributed by atoms with Gasteiger partial charge in [-0.05, 0) is 66.1 Å². The first-order valence-electron chi connectivity index (χ1n) is 12.3. The van der Waals surface area contributed by atoms with Gasteiger partial charge in [-0.2, -0.15) is 0 Å². The Labute approximate surface area is 226 Å². The van der Waals surface area contributed by atoms with Crippen molar-refractivity contribution in [2.45, 2.75) is 19.0 Å². The number of benzene rings is 4. The zero-order chi connectivity index (χ0) is 28.0. The molecule has 198 valence electrons. The van der Waals surface area contributed by atoms with E-state index in [0.717, 1.165) is 0 Å². The van der Waals surface area contributed by atoms with Gasteiger partial charge in [-0.3, -0.25) is 0 Å². The van der Waals surface area contributed by atoms with Gasteiger partial charge in [0.2, 0.25) is 0 Å². The molecule has 2 aliphatic rings. The lowest BCUT2D eigenvalue weighted by Gasteiger charge is -2.25. The van der Waals surface area contributed by atoms with Crippen LogP contribution >= 0.6 is 0 Å². The molecule has 0 N–H and O–H groups in total. The molecule has 0 radical (unpaired) electrons. The number of carbonyl (C=O) groups is 4. The monoisotopic (exact) mass is 538 g/mol. The minimum absolute atomic E-state index is 0.0521. The van der Waals surface area contributed by atoms with E-state index in [0.29, 0.717) is 22.6 Å². The topological polar surface area (TPSA) is 105 Å². The lowest BCUT2D eigenvalue weighted by molar-refractivity contribution is 0.0424. The van der Waals surface area contributed by atoms with Crippen molar-refractivity contribution >= 4 is 23.9 Å². The van der Waals surface area contributed by atoms with Gasteiger partial charge in [0, 0.05) is 0 Å². The van der Waals surface area contributed by atoms with Gasteiger partial charge in [0.25, 0.3) is 0 Å². The standard InChI is InChI=1S/C31H19FO8/c1-2-31(32,17-9-13-19(14-10-17)37-23-7-3-5-21-25(23)29(35)39-27(21)33)18-11-15-20(16-12-18)38-24-8-4-6-22-26(24)30(36)40-28(22)34/h3-16H,2H2,1H3. The molecule has 0 spiro atoms. The number of cyclic esters (lactones) is 4. The summed E-state index contributed by atoms with van der Waals surface area (Å²) in [6, 6.07) is 21.9. The molecule has 0 aliphatic carbocycles. The zero-order valence-electron chi connectivity index (χ0n) is 20.9. The van der Waals surface area contributed by atoms with Gasteiger partial charge in [-0.25, -0.2) is 23.6 Å². The molecule has 40 heavy (non-hydrogen) atoms. The highest BCUT2D eigenvalue weighted by molar-refractivity contribution is 6.16. The molecule has 6 rings (SSSR count). The van der Waals surface area contributed by atoms with Crippen molar-refractivity contribution in [3.05, 3.63) is 118 Å². The Balaban J connectivity index is 1.22. The molecule has 0 saturated heterocycles. The Morgan fingerprint density at radius 3 is 1.38 bits per heavy atom. The molecule has 0 saturated carbocycles. The number of fused-ring (bicyclic) bond motifs is 2. The van der Waals surface area contributed by atoms with E-state index in [1.807, 2.05) is 0 Å². The molecule has 4 aromatic rings. The maximum atomic E-state index is 16.4. The van der Waals surface area contributed by atoms with Crippen molar-refractivity contribution in [2.75, 3.05) is 0 Å². The molecule has 4 aromatic carbocycles. The minimum atomic E-state index is -1.84. The summed E-state index contributed by atoms with van der Waals surface area (Å²) in [5, 5.41) is 0. The fourth-order valence-corrected chi connectivity index (χ4v) is 4.78. The minimum Gasteiger partial charge on any atom is -0.456 e. The predicted octanol–water partition coefficient (Wildman–Crippen LogP) is 6.52. The first kappa shape index (κ1) is 25.0. The third-order valence-electron chi connectivity index (χ3n) is 6.84. The lowest BCUT2D eigenvalue weighted by atomic mass is 9.86. The molecule has 0 atom stereocenters. The van der Waals surface area contributed by atoms with Crippen LogP contribution in [0.3, 0.4) is 0 Å². The van der Waals surface area contributed by atoms with E-state index >= 15 is 4.39 Å². The van der Waals surface area contributed by atoms with Crippen LogP contribution in [0.5, 0.6) is 23.0 Å². The Morgan fingerprint density at radius 2 is 1.00 bits per heavy atom. The molecular weight excluding hydrogens is 519 g/mol. The number of ether oxygens (including phenoxy) is 4. The maximum absolute atomic E-state index is 16.4. The molecule has 2 heterocycles. The Hall–Kier alpha value is -5.31. The maximum Gasteiger partial charge on any atom is 0.350 e. The second-order valence-electron chi connectivity index (χ2n) is 9.12. The van der Waals surface area contributed by atoms with E-state index in [9.17, 15) is 19.2 Å². The third kappa shape index (κ3) is 4.08. The second kappa shape index (κ2) is 9.46. The average molecular weight is 538 g/mol. The van der Waals surface area contributed by atoms with E-state index in [1.54, 1.807) is 79.7 Å². The molecule has 9 heteroatoms. The van der Waals surface area contributed by atoms with Gasteiger partial charge in [0.15, 0.2) is 5.67 Å². The van der Waals surface area contributed by atoms with E-state index in [1.165, 1.54) is 12.1 Å². The van der Waals surface area contributed by atoms with Crippen molar-refractivity contribution in [3.8, 4) is 23.0 Å². The van der Waals surface area contributed by atoms with Crippen LogP contribution in [0.25, 0.3) is 0 Å². The van der Waals surface area contributed by atoms with E-state index in [4.69, 9.17) is 9.47 Å². The number of esters is 4. The summed E-state index contributed by atoms with van der Waals surface area (Å²) in [6.07, 6.45) is 0.133. The van der Waals surface area contributed by atoms with Crippen LogP contribution in [-0.2, 0) is 15.1 Å². The summed E-state index contributed by atoms with van der Waals surface area (Å²) in [7, 11) is 0. The number of carbonyl (C=O) groups excluding carboxylic acids is 4. The van der Waals surface area contributed by atoms with Gasteiger partial charge in [0.1, 0.15) is 34.1 Å². The third-order valence-corrected chi connectivity index (χ3v) is 6.84. The van der Waals surface area contributed by atoms with Crippen LogP contribution in [0.15, 0.2) is 84.9 Å². The van der Waals surface area contributed by atoms with Gasteiger partial charge in [-0.15, -0.1) is 0 Å². The number of halogens is 1. The van der Waals surface area contributed by atoms with E-state index in [2.05, 4.69) is 9.47 Å². The Kier molecular flexibility index (Phi) is 5.91. The molecule has 8 nitrogen and oxygen atoms in total. The molecule has 2 aliphatic heterocycles. The van der Waals surface area contributed by atoms with Crippen molar-refractivity contribution < 1.29 is 42.5 Å². The number of rotatable bonds is 7. The SMILES string of the molecule is CCC(F)(c1ccc(Oc2cccc3c2C(=O)OC3=O)cc1)c1ccc(Oc2cccc3c2C(=O)OC3=O)cc1. The Morgan fingerprint density at radius 1 is 0.600 bits per heavy atom. The summed E-state index contributed by atoms with van der Waals surface area (Å²) in [4.78, 5) is 47.7. The van der Waals surface area contributed by atoms with Gasteiger partial charge < -0.3 is 18.9 Å². The van der Waals surface area contributed by atoms with Crippen molar-refractivity contribution in [2.24, 2.45) is 0 Å².